The van der Waals surface area contributed by atoms with Crippen molar-refractivity contribution in [3.63, 3.8) is 0 Å². The molecule has 140 valence electrons. The standard InChI is InChI=1S/C20H19BrN2O3S/c1-3-25-18(24)16-17-14-11-12(21)9-10-15(14)26-20(16,2)23(19(27)22-17)13-7-5-4-6-8-13/h4-11,16-17H,3H2,1-2H3,(H,22,27)/t16-,17+,20+/m0/s1. The average Bonchev–Trinajstić information content (AvgIpc) is 2.63. The van der Waals surface area contributed by atoms with Gasteiger partial charge in [-0.2, -0.15) is 0 Å². The van der Waals surface area contributed by atoms with Crippen LogP contribution in [0.3, 0.4) is 0 Å². The quantitative estimate of drug-likeness (QED) is 0.563. The number of carbonyl (C=O) groups is 1. The zero-order chi connectivity index (χ0) is 19.2. The van der Waals surface area contributed by atoms with E-state index in [9.17, 15) is 4.79 Å². The summed E-state index contributed by atoms with van der Waals surface area (Å²) >= 11 is 9.17. The highest BCUT2D eigenvalue weighted by atomic mass is 79.9. The summed E-state index contributed by atoms with van der Waals surface area (Å²) in [4.78, 5) is 14.8. The largest absolute Gasteiger partial charge is 0.466 e. The third-order valence-corrected chi connectivity index (χ3v) is 5.81. The van der Waals surface area contributed by atoms with Crippen LogP contribution in [0.5, 0.6) is 5.75 Å². The SMILES string of the molecule is CCOC(=O)[C@@H]1[C@@H]2NC(=S)N(c3ccccc3)[C@]1(C)Oc1ccc(Br)cc12. The highest BCUT2D eigenvalue weighted by molar-refractivity contribution is 9.10. The smallest absolute Gasteiger partial charge is 0.317 e. The number of nitrogens with zero attached hydrogens (tertiary/aromatic N) is 1. The summed E-state index contributed by atoms with van der Waals surface area (Å²) in [5.41, 5.74) is 0.724. The van der Waals surface area contributed by atoms with Gasteiger partial charge < -0.3 is 14.8 Å². The molecule has 2 aromatic rings. The van der Waals surface area contributed by atoms with E-state index in [0.717, 1.165) is 21.5 Å². The molecule has 2 aromatic carbocycles. The van der Waals surface area contributed by atoms with Gasteiger partial charge in [-0.15, -0.1) is 0 Å². The van der Waals surface area contributed by atoms with Crippen molar-refractivity contribution < 1.29 is 14.3 Å². The van der Waals surface area contributed by atoms with Crippen LogP contribution >= 0.6 is 28.1 Å². The molecule has 0 saturated carbocycles. The predicted molar refractivity (Wildman–Crippen MR) is 111 cm³/mol. The Bertz CT molecular complexity index is 907. The Morgan fingerprint density at radius 2 is 2.07 bits per heavy atom. The molecule has 0 spiro atoms. The molecule has 0 aliphatic carbocycles. The number of nitrogens with one attached hydrogen (secondary N) is 1. The first-order valence-corrected chi connectivity index (χ1v) is 9.96. The molecule has 0 aromatic heterocycles. The Morgan fingerprint density at radius 3 is 2.78 bits per heavy atom. The van der Waals surface area contributed by atoms with Crippen LogP contribution in [-0.2, 0) is 9.53 Å². The molecule has 2 aliphatic rings. The second-order valence-corrected chi connectivity index (χ2v) is 7.97. The van der Waals surface area contributed by atoms with Gasteiger partial charge in [0.05, 0.1) is 12.6 Å². The van der Waals surface area contributed by atoms with Crippen LogP contribution in [0.15, 0.2) is 53.0 Å². The maximum atomic E-state index is 13.0. The number of esters is 1. The van der Waals surface area contributed by atoms with Crippen molar-refractivity contribution in [2.75, 3.05) is 11.5 Å². The lowest BCUT2D eigenvalue weighted by molar-refractivity contribution is -0.159. The minimum Gasteiger partial charge on any atom is -0.466 e. The fraction of sp³-hybridized carbons (Fsp3) is 0.300. The number of benzene rings is 2. The van der Waals surface area contributed by atoms with E-state index in [0.29, 0.717) is 11.7 Å². The first-order chi connectivity index (χ1) is 13.0. The fourth-order valence-electron chi connectivity index (χ4n) is 3.91. The molecule has 0 radical (unpaired) electrons. The molecular weight excluding hydrogens is 428 g/mol. The summed E-state index contributed by atoms with van der Waals surface area (Å²) in [6.07, 6.45) is 0. The van der Waals surface area contributed by atoms with Crippen LogP contribution in [0.1, 0.15) is 25.5 Å². The van der Waals surface area contributed by atoms with Crippen molar-refractivity contribution in [3.05, 3.63) is 58.6 Å². The molecule has 7 heteroatoms. The maximum absolute atomic E-state index is 13.0. The van der Waals surface area contributed by atoms with Gasteiger partial charge >= 0.3 is 5.97 Å². The van der Waals surface area contributed by atoms with Crippen LogP contribution in [0.25, 0.3) is 0 Å². The van der Waals surface area contributed by atoms with Crippen LogP contribution in [0.2, 0.25) is 0 Å². The third kappa shape index (κ3) is 2.89. The zero-order valence-electron chi connectivity index (χ0n) is 14.9. The first-order valence-electron chi connectivity index (χ1n) is 8.76. The molecule has 1 saturated heterocycles. The number of ether oxygens (including phenoxy) is 2. The molecule has 2 bridgehead atoms. The molecule has 0 unspecified atom stereocenters. The number of anilines is 1. The monoisotopic (exact) mass is 446 g/mol. The van der Waals surface area contributed by atoms with Gasteiger partial charge in [0, 0.05) is 15.7 Å². The summed E-state index contributed by atoms with van der Waals surface area (Å²) in [5.74, 6) is -0.181. The lowest BCUT2D eigenvalue weighted by atomic mass is 9.79. The molecule has 3 atom stereocenters. The Morgan fingerprint density at radius 1 is 1.33 bits per heavy atom. The van der Waals surface area contributed by atoms with Gasteiger partial charge in [0.25, 0.3) is 0 Å². The van der Waals surface area contributed by atoms with Gasteiger partial charge in [-0.1, -0.05) is 34.1 Å². The van der Waals surface area contributed by atoms with Crippen LogP contribution in [0.4, 0.5) is 5.69 Å². The Balaban J connectivity index is 1.90. The van der Waals surface area contributed by atoms with E-state index >= 15 is 0 Å². The normalized spacial score (nSPS) is 25.9. The summed E-state index contributed by atoms with van der Waals surface area (Å²) in [5, 5.41) is 3.86. The predicted octanol–water partition coefficient (Wildman–Crippen LogP) is 4.17. The highest BCUT2D eigenvalue weighted by Gasteiger charge is 2.59. The third-order valence-electron chi connectivity index (χ3n) is 5.01. The number of fused-ring (bicyclic) bond motifs is 4. The van der Waals surface area contributed by atoms with Gasteiger partial charge in [0.1, 0.15) is 11.7 Å². The summed E-state index contributed by atoms with van der Waals surface area (Å²) < 4.78 is 12.8. The first kappa shape index (κ1) is 18.3. The van der Waals surface area contributed by atoms with E-state index in [1.165, 1.54) is 0 Å². The molecule has 1 fully saturated rings. The number of halogens is 1. The molecule has 0 amide bonds. The van der Waals surface area contributed by atoms with E-state index in [2.05, 4.69) is 21.2 Å². The molecule has 27 heavy (non-hydrogen) atoms. The maximum Gasteiger partial charge on any atom is 0.317 e. The van der Waals surface area contributed by atoms with Crippen molar-refractivity contribution in [2.45, 2.75) is 25.6 Å². The lowest BCUT2D eigenvalue weighted by Gasteiger charge is -2.55. The van der Waals surface area contributed by atoms with Gasteiger partial charge in [-0.05, 0) is 56.4 Å². The number of rotatable bonds is 3. The molecule has 2 heterocycles. The number of hydrogen-bond donors (Lipinski definition) is 1. The van der Waals surface area contributed by atoms with E-state index in [1.54, 1.807) is 6.92 Å². The lowest BCUT2D eigenvalue weighted by Crippen LogP contribution is -2.71. The molecule has 1 N–H and O–H groups in total. The Kier molecular flexibility index (Phi) is 4.60. The minimum atomic E-state index is -1.01. The number of hydrogen-bond acceptors (Lipinski definition) is 4. The van der Waals surface area contributed by atoms with Gasteiger partial charge in [0.15, 0.2) is 5.11 Å². The number of thiocarbonyl (C=S) groups is 1. The fourth-order valence-corrected chi connectivity index (χ4v) is 4.71. The second kappa shape index (κ2) is 6.80. The van der Waals surface area contributed by atoms with Crippen molar-refractivity contribution >= 4 is 44.9 Å². The van der Waals surface area contributed by atoms with E-state index in [4.69, 9.17) is 21.7 Å². The van der Waals surface area contributed by atoms with Crippen molar-refractivity contribution in [2.24, 2.45) is 5.92 Å². The minimum absolute atomic E-state index is 0.305. The van der Waals surface area contributed by atoms with Crippen LogP contribution in [0, 0.1) is 5.92 Å². The van der Waals surface area contributed by atoms with Crippen molar-refractivity contribution in [3.8, 4) is 5.75 Å². The number of para-hydroxylation sites is 1. The average molecular weight is 447 g/mol. The Labute approximate surface area is 171 Å². The van der Waals surface area contributed by atoms with E-state index in [1.807, 2.05) is 60.4 Å². The van der Waals surface area contributed by atoms with Crippen LogP contribution < -0.4 is 15.0 Å². The van der Waals surface area contributed by atoms with Gasteiger partial charge in [0.2, 0.25) is 5.72 Å². The molecule has 2 aliphatic heterocycles. The van der Waals surface area contributed by atoms with E-state index < -0.39 is 11.6 Å². The summed E-state index contributed by atoms with van der Waals surface area (Å²) in [7, 11) is 0. The topological polar surface area (TPSA) is 50.8 Å². The van der Waals surface area contributed by atoms with Crippen molar-refractivity contribution in [1.29, 1.82) is 0 Å². The van der Waals surface area contributed by atoms with Crippen molar-refractivity contribution in [1.82, 2.24) is 5.32 Å². The zero-order valence-corrected chi connectivity index (χ0v) is 17.3. The Hall–Kier alpha value is -2.12. The van der Waals surface area contributed by atoms with Crippen LogP contribution in [-0.4, -0.2) is 23.4 Å². The number of carbonyl (C=O) groups excluding carboxylic acids is 1. The molecule has 5 nitrogen and oxygen atoms in total. The van der Waals surface area contributed by atoms with Gasteiger partial charge in [-0.3, -0.25) is 9.69 Å². The highest BCUT2D eigenvalue weighted by Crippen LogP contribution is 2.50. The van der Waals surface area contributed by atoms with Gasteiger partial charge in [-0.25, -0.2) is 0 Å². The molecule has 4 rings (SSSR count). The van der Waals surface area contributed by atoms with E-state index in [-0.39, 0.29) is 12.0 Å². The second-order valence-electron chi connectivity index (χ2n) is 6.67. The summed E-state index contributed by atoms with van der Waals surface area (Å²) in [6, 6.07) is 15.2. The summed E-state index contributed by atoms with van der Waals surface area (Å²) in [6.45, 7) is 4.00. The molecular formula is C20H19BrN2O3S.